The van der Waals surface area contributed by atoms with Crippen molar-refractivity contribution < 1.29 is 19.1 Å². The number of ether oxygens (including phenoxy) is 2. The molecule has 0 saturated heterocycles. The van der Waals surface area contributed by atoms with Crippen LogP contribution in [0.5, 0.6) is 11.5 Å². The SMILES string of the molecule is CCCCC(CC)C(=O)NC(Cc1c[nH]c2ccccc12)C(=O)N(C)CCc1ccc(OC)c(OC)c1. The van der Waals surface area contributed by atoms with Crippen LogP contribution in [-0.4, -0.2) is 55.6 Å². The van der Waals surface area contributed by atoms with Gasteiger partial charge in [0, 0.05) is 43.0 Å². The first-order valence-electron chi connectivity index (χ1n) is 13.2. The summed E-state index contributed by atoms with van der Waals surface area (Å²) in [6, 6.07) is 13.2. The number of rotatable bonds is 14. The maximum absolute atomic E-state index is 13.7. The van der Waals surface area contributed by atoms with Crippen LogP contribution in [0.1, 0.15) is 50.7 Å². The molecule has 0 radical (unpaired) electrons. The molecule has 3 aromatic rings. The van der Waals surface area contributed by atoms with Crippen molar-refractivity contribution in [3.63, 3.8) is 0 Å². The normalized spacial score (nSPS) is 12.7. The first-order valence-corrected chi connectivity index (χ1v) is 13.2. The molecule has 0 saturated carbocycles. The highest BCUT2D eigenvalue weighted by Crippen LogP contribution is 2.28. The number of amides is 2. The van der Waals surface area contributed by atoms with Crippen molar-refractivity contribution in [1.29, 1.82) is 0 Å². The van der Waals surface area contributed by atoms with Crippen LogP contribution in [0, 0.1) is 5.92 Å². The first kappa shape index (κ1) is 28.1. The highest BCUT2D eigenvalue weighted by molar-refractivity contribution is 5.90. The molecule has 2 unspecified atom stereocenters. The van der Waals surface area contributed by atoms with E-state index in [2.05, 4.69) is 17.2 Å². The fraction of sp³-hybridized carbons (Fsp3) is 0.467. The van der Waals surface area contributed by atoms with Gasteiger partial charge < -0.3 is 24.7 Å². The van der Waals surface area contributed by atoms with Crippen molar-refractivity contribution >= 4 is 22.7 Å². The number of H-pyrrole nitrogens is 1. The lowest BCUT2D eigenvalue weighted by Crippen LogP contribution is -2.50. The lowest BCUT2D eigenvalue weighted by molar-refractivity contribution is -0.136. The molecule has 3 rings (SSSR count). The third-order valence-electron chi connectivity index (χ3n) is 7.04. The second kappa shape index (κ2) is 13.7. The number of para-hydroxylation sites is 1. The Kier molecular flexibility index (Phi) is 10.4. The fourth-order valence-corrected chi connectivity index (χ4v) is 4.69. The third-order valence-corrected chi connectivity index (χ3v) is 7.04. The van der Waals surface area contributed by atoms with Crippen LogP contribution in [0.3, 0.4) is 0 Å². The van der Waals surface area contributed by atoms with E-state index in [0.717, 1.165) is 47.7 Å². The highest BCUT2D eigenvalue weighted by Gasteiger charge is 2.28. The van der Waals surface area contributed by atoms with Gasteiger partial charge in [0.05, 0.1) is 14.2 Å². The van der Waals surface area contributed by atoms with E-state index < -0.39 is 6.04 Å². The van der Waals surface area contributed by atoms with Crippen LogP contribution in [-0.2, 0) is 22.4 Å². The molecule has 2 N–H and O–H groups in total. The van der Waals surface area contributed by atoms with Gasteiger partial charge >= 0.3 is 0 Å². The van der Waals surface area contributed by atoms with Crippen molar-refractivity contribution in [1.82, 2.24) is 15.2 Å². The predicted molar refractivity (Wildman–Crippen MR) is 148 cm³/mol. The number of aromatic amines is 1. The molecule has 37 heavy (non-hydrogen) atoms. The monoisotopic (exact) mass is 507 g/mol. The summed E-state index contributed by atoms with van der Waals surface area (Å²) in [4.78, 5) is 31.9. The molecule has 1 aromatic heterocycles. The lowest BCUT2D eigenvalue weighted by Gasteiger charge is -2.26. The van der Waals surface area contributed by atoms with E-state index in [-0.39, 0.29) is 17.7 Å². The number of nitrogens with one attached hydrogen (secondary N) is 2. The number of hydrogen-bond donors (Lipinski definition) is 2. The van der Waals surface area contributed by atoms with Crippen LogP contribution in [0.25, 0.3) is 10.9 Å². The molecule has 7 heteroatoms. The van der Waals surface area contributed by atoms with Gasteiger partial charge in [-0.3, -0.25) is 9.59 Å². The molecular formula is C30H41N3O4. The quantitative estimate of drug-likeness (QED) is 0.317. The first-order chi connectivity index (χ1) is 17.9. The fourth-order valence-electron chi connectivity index (χ4n) is 4.69. The summed E-state index contributed by atoms with van der Waals surface area (Å²) in [7, 11) is 5.02. The summed E-state index contributed by atoms with van der Waals surface area (Å²) in [5, 5.41) is 4.18. The molecule has 0 aliphatic heterocycles. The van der Waals surface area contributed by atoms with E-state index in [0.29, 0.717) is 30.9 Å². The Balaban J connectivity index is 1.76. The zero-order chi connectivity index (χ0) is 26.8. The third kappa shape index (κ3) is 7.28. The van der Waals surface area contributed by atoms with Gasteiger partial charge in [0.1, 0.15) is 6.04 Å². The zero-order valence-electron chi connectivity index (χ0n) is 22.8. The molecule has 0 fully saturated rings. The van der Waals surface area contributed by atoms with Crippen LogP contribution < -0.4 is 14.8 Å². The van der Waals surface area contributed by atoms with Crippen molar-refractivity contribution in [2.45, 2.75) is 58.4 Å². The molecule has 0 aliphatic carbocycles. The summed E-state index contributed by atoms with van der Waals surface area (Å²) in [5.74, 6) is 1.11. The van der Waals surface area contributed by atoms with E-state index in [1.54, 1.807) is 26.2 Å². The number of methoxy groups -OCH3 is 2. The highest BCUT2D eigenvalue weighted by atomic mass is 16.5. The van der Waals surface area contributed by atoms with E-state index in [9.17, 15) is 9.59 Å². The summed E-state index contributed by atoms with van der Waals surface area (Å²) in [6.45, 7) is 4.68. The van der Waals surface area contributed by atoms with Gasteiger partial charge in [-0.1, -0.05) is 51.0 Å². The largest absolute Gasteiger partial charge is 0.493 e. The minimum Gasteiger partial charge on any atom is -0.493 e. The Bertz CT molecular complexity index is 1170. The van der Waals surface area contributed by atoms with E-state index in [1.165, 1.54) is 0 Å². The minimum absolute atomic E-state index is 0.0394. The summed E-state index contributed by atoms with van der Waals surface area (Å²) in [5.41, 5.74) is 3.08. The maximum atomic E-state index is 13.7. The van der Waals surface area contributed by atoms with Crippen LogP contribution in [0.2, 0.25) is 0 Å². The topological polar surface area (TPSA) is 83.7 Å². The standard InChI is InChI=1S/C30H41N3O4/c1-6-8-11-22(7-2)29(34)32-26(19-23-20-31-25-13-10-9-12-24(23)25)30(35)33(3)17-16-21-14-15-27(36-4)28(18-21)37-5/h9-10,12-15,18,20,22,26,31H,6-8,11,16-17,19H2,1-5H3,(H,32,34). The number of likely N-dealkylation sites (N-methyl/N-ethyl adjacent to an activating group) is 1. The maximum Gasteiger partial charge on any atom is 0.245 e. The van der Waals surface area contributed by atoms with Gasteiger partial charge in [0.25, 0.3) is 0 Å². The number of nitrogens with zero attached hydrogens (tertiary/aromatic N) is 1. The number of aromatic nitrogens is 1. The molecule has 0 aliphatic rings. The van der Waals surface area contributed by atoms with Crippen LogP contribution >= 0.6 is 0 Å². The number of unbranched alkanes of at least 4 members (excludes halogenated alkanes) is 1. The number of hydrogen-bond acceptors (Lipinski definition) is 4. The molecule has 0 bridgehead atoms. The number of carbonyl (C=O) groups is 2. The van der Waals surface area contributed by atoms with Gasteiger partial charge in [-0.25, -0.2) is 0 Å². The molecular weight excluding hydrogens is 466 g/mol. The predicted octanol–water partition coefficient (Wildman–Crippen LogP) is 5.13. The Labute approximate surface area is 220 Å². The van der Waals surface area contributed by atoms with Gasteiger partial charge in [-0.15, -0.1) is 0 Å². The average Bonchev–Trinajstić information content (AvgIpc) is 3.33. The molecule has 0 spiro atoms. The Morgan fingerprint density at radius 3 is 2.51 bits per heavy atom. The zero-order valence-corrected chi connectivity index (χ0v) is 22.8. The molecule has 2 atom stereocenters. The summed E-state index contributed by atoms with van der Waals surface area (Å²) < 4.78 is 10.7. The second-order valence-corrected chi connectivity index (χ2v) is 9.57. The van der Waals surface area contributed by atoms with Crippen LogP contribution in [0.4, 0.5) is 0 Å². The van der Waals surface area contributed by atoms with E-state index >= 15 is 0 Å². The van der Waals surface area contributed by atoms with Gasteiger partial charge in [0.2, 0.25) is 11.8 Å². The Morgan fingerprint density at radius 1 is 1.05 bits per heavy atom. The van der Waals surface area contributed by atoms with Crippen molar-refractivity contribution in [3.05, 3.63) is 59.8 Å². The molecule has 200 valence electrons. The van der Waals surface area contributed by atoms with E-state index in [1.807, 2.05) is 55.6 Å². The molecule has 7 nitrogen and oxygen atoms in total. The van der Waals surface area contributed by atoms with Crippen molar-refractivity contribution in [3.8, 4) is 11.5 Å². The summed E-state index contributed by atoms with van der Waals surface area (Å²) in [6.07, 6.45) is 6.66. The van der Waals surface area contributed by atoms with Gasteiger partial charge in [0.15, 0.2) is 11.5 Å². The van der Waals surface area contributed by atoms with Crippen molar-refractivity contribution in [2.24, 2.45) is 5.92 Å². The number of fused-ring (bicyclic) bond motifs is 1. The molecule has 2 aromatic carbocycles. The Hall–Kier alpha value is -3.48. The van der Waals surface area contributed by atoms with Gasteiger partial charge in [-0.05, 0) is 48.6 Å². The average molecular weight is 508 g/mol. The number of benzene rings is 2. The Morgan fingerprint density at radius 2 is 1.81 bits per heavy atom. The lowest BCUT2D eigenvalue weighted by atomic mass is 9.97. The number of carbonyl (C=O) groups excluding carboxylic acids is 2. The molecule has 2 amide bonds. The van der Waals surface area contributed by atoms with Crippen LogP contribution in [0.15, 0.2) is 48.7 Å². The summed E-state index contributed by atoms with van der Waals surface area (Å²) >= 11 is 0. The van der Waals surface area contributed by atoms with E-state index in [4.69, 9.17) is 9.47 Å². The second-order valence-electron chi connectivity index (χ2n) is 9.57. The minimum atomic E-state index is -0.641. The smallest absolute Gasteiger partial charge is 0.245 e. The van der Waals surface area contributed by atoms with Crippen molar-refractivity contribution in [2.75, 3.05) is 27.8 Å². The molecule has 1 heterocycles. The van der Waals surface area contributed by atoms with Gasteiger partial charge in [-0.2, -0.15) is 0 Å².